The summed E-state index contributed by atoms with van der Waals surface area (Å²) in [4.78, 5) is 27.7. The van der Waals surface area contributed by atoms with E-state index < -0.39 is 0 Å². The van der Waals surface area contributed by atoms with Gasteiger partial charge in [0.05, 0.1) is 50.0 Å². The largest absolute Gasteiger partial charge is 0.363 e. The second-order valence-electron chi connectivity index (χ2n) is 6.74. The smallest absolute Gasteiger partial charge is 0.254 e. The van der Waals surface area contributed by atoms with E-state index in [1.807, 2.05) is 28.7 Å². The molecule has 0 aliphatic carbocycles. The van der Waals surface area contributed by atoms with Gasteiger partial charge in [0.25, 0.3) is 5.91 Å². The lowest BCUT2D eigenvalue weighted by atomic mass is 10.2. The van der Waals surface area contributed by atoms with Gasteiger partial charge in [-0.1, -0.05) is 12.1 Å². The second-order valence-corrected chi connectivity index (χ2v) is 6.74. The van der Waals surface area contributed by atoms with Crippen LogP contribution < -0.4 is 15.5 Å². The number of hydrogen-bond acceptors (Lipinski definition) is 5. The number of benzene rings is 1. The second kappa shape index (κ2) is 6.81. The van der Waals surface area contributed by atoms with Crippen LogP contribution in [-0.2, 0) is 0 Å². The Labute approximate surface area is 156 Å². The summed E-state index contributed by atoms with van der Waals surface area (Å²) in [6.45, 7) is 1.77. The lowest BCUT2D eigenvalue weighted by molar-refractivity contribution is -0.856. The third-order valence-electron chi connectivity index (χ3n) is 4.48. The number of rotatable bonds is 5. The summed E-state index contributed by atoms with van der Waals surface area (Å²) >= 11 is 0. The summed E-state index contributed by atoms with van der Waals surface area (Å²) in [6.07, 6.45) is 1.70. The molecular weight excluding hydrogens is 342 g/mol. The molecule has 3 N–H and O–H groups in total. The van der Waals surface area contributed by atoms with Gasteiger partial charge in [0.2, 0.25) is 0 Å². The highest BCUT2D eigenvalue weighted by Crippen LogP contribution is 2.25. The predicted octanol–water partition coefficient (Wildman–Crippen LogP) is 0.347. The molecule has 0 spiro atoms. The summed E-state index contributed by atoms with van der Waals surface area (Å²) < 4.78 is 1.91. The molecular formula is C19H22N7O+. The molecule has 1 amide bonds. The minimum atomic E-state index is -0.199. The van der Waals surface area contributed by atoms with Crippen LogP contribution >= 0.6 is 0 Å². The molecule has 4 rings (SSSR count). The molecule has 1 aromatic carbocycles. The van der Waals surface area contributed by atoms with E-state index >= 15 is 0 Å². The van der Waals surface area contributed by atoms with Gasteiger partial charge in [-0.25, -0.2) is 15.0 Å². The number of nitrogens with zero attached hydrogens (tertiary/aromatic N) is 4. The van der Waals surface area contributed by atoms with Crippen LogP contribution in [0.15, 0.2) is 36.5 Å². The number of quaternary nitrogens is 1. The summed E-state index contributed by atoms with van der Waals surface area (Å²) in [5.74, 6) is 0.505. The Kier molecular flexibility index (Phi) is 4.33. The first-order valence-corrected chi connectivity index (χ1v) is 8.90. The Morgan fingerprint density at radius 2 is 1.96 bits per heavy atom. The van der Waals surface area contributed by atoms with Crippen molar-refractivity contribution in [2.45, 2.75) is 0 Å². The van der Waals surface area contributed by atoms with Crippen LogP contribution in [0.1, 0.15) is 10.4 Å². The molecule has 0 aliphatic rings. The topological polar surface area (TPSA) is 88.6 Å². The first-order valence-electron chi connectivity index (χ1n) is 8.90. The number of para-hydroxylation sites is 2. The Morgan fingerprint density at radius 3 is 2.74 bits per heavy atom. The molecule has 0 saturated carbocycles. The minimum absolute atomic E-state index is 0.199. The van der Waals surface area contributed by atoms with Gasteiger partial charge < -0.3 is 15.5 Å². The molecule has 8 nitrogen and oxygen atoms in total. The number of fused-ring (bicyclic) bond motifs is 5. The van der Waals surface area contributed by atoms with Gasteiger partial charge in [0.15, 0.2) is 11.3 Å². The summed E-state index contributed by atoms with van der Waals surface area (Å²) in [5, 5.41) is 5.99. The average molecular weight is 364 g/mol. The Balaban J connectivity index is 1.95. The van der Waals surface area contributed by atoms with E-state index in [1.165, 1.54) is 4.90 Å². The maximum atomic E-state index is 12.4. The zero-order valence-electron chi connectivity index (χ0n) is 15.6. The molecule has 0 aliphatic heterocycles. The van der Waals surface area contributed by atoms with Gasteiger partial charge >= 0.3 is 0 Å². The Bertz CT molecular complexity index is 1150. The van der Waals surface area contributed by atoms with Crippen LogP contribution in [0.25, 0.3) is 27.8 Å². The first-order chi connectivity index (χ1) is 13.1. The molecule has 0 atom stereocenters. The Hall–Kier alpha value is -3.26. The lowest BCUT2D eigenvalue weighted by Crippen LogP contribution is -3.06. The van der Waals surface area contributed by atoms with Crippen LogP contribution in [0.3, 0.4) is 0 Å². The van der Waals surface area contributed by atoms with Crippen LogP contribution in [0.5, 0.6) is 0 Å². The van der Waals surface area contributed by atoms with Gasteiger partial charge in [-0.3, -0.25) is 9.20 Å². The molecule has 0 fully saturated rings. The molecule has 0 unspecified atom stereocenters. The normalized spacial score (nSPS) is 11.6. The van der Waals surface area contributed by atoms with E-state index in [1.54, 1.807) is 19.3 Å². The maximum absolute atomic E-state index is 12.4. The van der Waals surface area contributed by atoms with Gasteiger partial charge in [0.1, 0.15) is 11.3 Å². The van der Waals surface area contributed by atoms with Crippen molar-refractivity contribution in [3.05, 3.63) is 42.1 Å². The van der Waals surface area contributed by atoms with E-state index in [9.17, 15) is 4.79 Å². The summed E-state index contributed by atoms with van der Waals surface area (Å²) in [5.41, 5.74) is 4.08. The maximum Gasteiger partial charge on any atom is 0.254 e. The van der Waals surface area contributed by atoms with Crippen molar-refractivity contribution in [1.82, 2.24) is 24.7 Å². The number of carbonyl (C=O) groups is 1. The molecule has 27 heavy (non-hydrogen) atoms. The van der Waals surface area contributed by atoms with Crippen molar-refractivity contribution in [3.8, 4) is 0 Å². The zero-order valence-corrected chi connectivity index (χ0v) is 15.6. The minimum Gasteiger partial charge on any atom is -0.363 e. The highest BCUT2D eigenvalue weighted by molar-refractivity contribution is 6.04. The first kappa shape index (κ1) is 17.2. The molecule has 3 aromatic heterocycles. The fourth-order valence-corrected chi connectivity index (χ4v) is 3.10. The van der Waals surface area contributed by atoms with E-state index in [4.69, 9.17) is 4.98 Å². The number of anilines is 1. The molecule has 8 heteroatoms. The summed E-state index contributed by atoms with van der Waals surface area (Å²) in [7, 11) is 5.82. The quantitative estimate of drug-likeness (QED) is 0.475. The fourth-order valence-electron chi connectivity index (χ4n) is 3.10. The number of carbonyl (C=O) groups excluding carboxylic acids is 1. The molecule has 0 saturated heterocycles. The van der Waals surface area contributed by atoms with E-state index in [2.05, 4.69) is 34.7 Å². The number of hydrogen-bond donors (Lipinski definition) is 3. The van der Waals surface area contributed by atoms with Crippen molar-refractivity contribution in [3.63, 3.8) is 0 Å². The van der Waals surface area contributed by atoms with Gasteiger partial charge in [0, 0.05) is 7.05 Å². The fraction of sp³-hybridized carbons (Fsp3) is 0.263. The monoisotopic (exact) mass is 364 g/mol. The van der Waals surface area contributed by atoms with Crippen LogP contribution in [0, 0.1) is 0 Å². The van der Waals surface area contributed by atoms with E-state index in [0.29, 0.717) is 28.2 Å². The van der Waals surface area contributed by atoms with E-state index in [0.717, 1.165) is 24.1 Å². The number of aromatic nitrogens is 4. The zero-order chi connectivity index (χ0) is 19.0. The van der Waals surface area contributed by atoms with Gasteiger partial charge in [-0.05, 0) is 18.2 Å². The molecule has 0 bridgehead atoms. The van der Waals surface area contributed by atoms with Crippen LogP contribution in [-0.4, -0.2) is 59.5 Å². The Morgan fingerprint density at radius 1 is 1.15 bits per heavy atom. The number of imidazole rings is 1. The van der Waals surface area contributed by atoms with Crippen molar-refractivity contribution in [2.24, 2.45) is 0 Å². The predicted molar refractivity (Wildman–Crippen MR) is 105 cm³/mol. The number of amides is 1. The van der Waals surface area contributed by atoms with Crippen LogP contribution in [0.4, 0.5) is 5.82 Å². The lowest BCUT2D eigenvalue weighted by Gasteiger charge is -2.11. The van der Waals surface area contributed by atoms with Crippen LogP contribution in [0.2, 0.25) is 0 Å². The molecule has 138 valence electrons. The van der Waals surface area contributed by atoms with Gasteiger partial charge in [-0.15, -0.1) is 0 Å². The van der Waals surface area contributed by atoms with Crippen molar-refractivity contribution in [1.29, 1.82) is 0 Å². The average Bonchev–Trinajstić information content (AvgIpc) is 3.06. The standard InChI is InChI=1S/C19H21N7O/c1-20-19(27)12-10-14-18(24-16(11-22-14)21-8-9-25(2)3)26-15-7-5-4-6-13(15)23-17(12)26/h4-7,10-11H,8-9H2,1-3H3,(H,20,27)(H,21,24)/p+1. The van der Waals surface area contributed by atoms with E-state index in [-0.39, 0.29) is 5.91 Å². The van der Waals surface area contributed by atoms with Gasteiger partial charge in [-0.2, -0.15) is 0 Å². The number of pyridine rings is 1. The molecule has 4 aromatic rings. The molecule has 0 radical (unpaired) electrons. The molecule has 3 heterocycles. The summed E-state index contributed by atoms with van der Waals surface area (Å²) in [6, 6.07) is 9.52. The van der Waals surface area contributed by atoms with Crippen molar-refractivity contribution >= 4 is 39.6 Å². The third-order valence-corrected chi connectivity index (χ3v) is 4.48. The van der Waals surface area contributed by atoms with Crippen molar-refractivity contribution in [2.75, 3.05) is 39.5 Å². The highest BCUT2D eigenvalue weighted by Gasteiger charge is 2.18. The number of likely N-dealkylation sites (N-methyl/N-ethyl adjacent to an activating group) is 1. The SMILES string of the molecule is CNC(=O)c1cc2ncc(NCC[NH+](C)C)nc2n2c1nc1ccccc12. The van der Waals surface area contributed by atoms with Crippen molar-refractivity contribution < 1.29 is 9.69 Å². The number of nitrogens with one attached hydrogen (secondary N) is 3. The third kappa shape index (κ3) is 3.04. The highest BCUT2D eigenvalue weighted by atomic mass is 16.1.